The SMILES string of the molecule is CCCCCCC(C)NC(C)c1cccc(Cl)c1. The molecule has 18 heavy (non-hydrogen) atoms. The lowest BCUT2D eigenvalue weighted by Crippen LogP contribution is -2.28. The highest BCUT2D eigenvalue weighted by atomic mass is 35.5. The minimum absolute atomic E-state index is 0.366. The molecule has 0 aliphatic heterocycles. The number of rotatable bonds is 8. The summed E-state index contributed by atoms with van der Waals surface area (Å²) in [5.41, 5.74) is 1.27. The van der Waals surface area contributed by atoms with E-state index in [9.17, 15) is 0 Å². The molecule has 0 bridgehead atoms. The Bertz CT molecular complexity index is 338. The average molecular weight is 268 g/mol. The van der Waals surface area contributed by atoms with Crippen LogP contribution in [-0.4, -0.2) is 6.04 Å². The van der Waals surface area contributed by atoms with Crippen LogP contribution < -0.4 is 5.32 Å². The third-order valence-corrected chi connectivity index (χ3v) is 3.61. The molecule has 1 aromatic carbocycles. The van der Waals surface area contributed by atoms with E-state index in [1.165, 1.54) is 37.7 Å². The van der Waals surface area contributed by atoms with Gasteiger partial charge in [0.1, 0.15) is 0 Å². The summed E-state index contributed by atoms with van der Waals surface area (Å²) in [7, 11) is 0. The minimum Gasteiger partial charge on any atom is -0.308 e. The fourth-order valence-corrected chi connectivity index (χ4v) is 2.46. The van der Waals surface area contributed by atoms with E-state index in [1.54, 1.807) is 0 Å². The first-order valence-corrected chi connectivity index (χ1v) is 7.52. The maximum Gasteiger partial charge on any atom is 0.0409 e. The molecular formula is C16H26ClN. The fourth-order valence-electron chi connectivity index (χ4n) is 2.26. The molecule has 0 heterocycles. The number of benzene rings is 1. The largest absolute Gasteiger partial charge is 0.308 e. The van der Waals surface area contributed by atoms with E-state index in [4.69, 9.17) is 11.6 Å². The molecule has 0 saturated carbocycles. The minimum atomic E-state index is 0.366. The topological polar surface area (TPSA) is 12.0 Å². The summed E-state index contributed by atoms with van der Waals surface area (Å²) in [6.45, 7) is 6.73. The quantitative estimate of drug-likeness (QED) is 0.626. The van der Waals surface area contributed by atoms with Crippen LogP contribution in [0.25, 0.3) is 0 Å². The van der Waals surface area contributed by atoms with E-state index in [2.05, 4.69) is 32.2 Å². The number of hydrogen-bond acceptors (Lipinski definition) is 1. The van der Waals surface area contributed by atoms with Gasteiger partial charge in [-0.25, -0.2) is 0 Å². The van der Waals surface area contributed by atoms with Crippen LogP contribution in [0.3, 0.4) is 0 Å². The van der Waals surface area contributed by atoms with Gasteiger partial charge in [-0.1, -0.05) is 56.3 Å². The fraction of sp³-hybridized carbons (Fsp3) is 0.625. The van der Waals surface area contributed by atoms with Crippen molar-refractivity contribution in [3.63, 3.8) is 0 Å². The standard InChI is InChI=1S/C16H26ClN/c1-4-5-6-7-9-13(2)18-14(3)15-10-8-11-16(17)12-15/h8,10-14,18H,4-7,9H2,1-3H3. The Balaban J connectivity index is 2.32. The molecule has 0 fully saturated rings. The van der Waals surface area contributed by atoms with E-state index in [-0.39, 0.29) is 0 Å². The highest BCUT2D eigenvalue weighted by molar-refractivity contribution is 6.30. The molecule has 0 saturated heterocycles. The average Bonchev–Trinajstić information content (AvgIpc) is 2.34. The van der Waals surface area contributed by atoms with Crippen LogP contribution in [0.1, 0.15) is 64.5 Å². The van der Waals surface area contributed by atoms with Gasteiger partial charge in [-0.15, -0.1) is 0 Å². The van der Waals surface area contributed by atoms with Gasteiger partial charge < -0.3 is 5.32 Å². The zero-order valence-electron chi connectivity index (χ0n) is 11.9. The van der Waals surface area contributed by atoms with Crippen LogP contribution in [0.15, 0.2) is 24.3 Å². The Morgan fingerprint density at radius 1 is 1.17 bits per heavy atom. The third-order valence-electron chi connectivity index (χ3n) is 3.37. The summed E-state index contributed by atoms with van der Waals surface area (Å²) in [5.74, 6) is 0. The van der Waals surface area contributed by atoms with Crippen molar-refractivity contribution < 1.29 is 0 Å². The first-order chi connectivity index (χ1) is 8.63. The van der Waals surface area contributed by atoms with E-state index in [1.807, 2.05) is 18.2 Å². The van der Waals surface area contributed by atoms with Crippen molar-refractivity contribution in [2.45, 2.75) is 65.0 Å². The lowest BCUT2D eigenvalue weighted by Gasteiger charge is -2.20. The smallest absolute Gasteiger partial charge is 0.0409 e. The molecule has 1 rings (SSSR count). The molecule has 1 N–H and O–H groups in total. The summed E-state index contributed by atoms with van der Waals surface area (Å²) in [5, 5.41) is 4.46. The molecular weight excluding hydrogens is 242 g/mol. The van der Waals surface area contributed by atoms with Gasteiger partial charge in [-0.05, 0) is 38.0 Å². The highest BCUT2D eigenvalue weighted by Crippen LogP contribution is 2.18. The molecule has 2 unspecified atom stereocenters. The molecule has 1 aromatic rings. The van der Waals surface area contributed by atoms with Crippen molar-refractivity contribution >= 4 is 11.6 Å². The first kappa shape index (κ1) is 15.5. The Morgan fingerprint density at radius 3 is 2.61 bits per heavy atom. The van der Waals surface area contributed by atoms with Gasteiger partial charge in [0.05, 0.1) is 0 Å². The van der Waals surface area contributed by atoms with Crippen LogP contribution in [0.5, 0.6) is 0 Å². The highest BCUT2D eigenvalue weighted by Gasteiger charge is 2.09. The van der Waals surface area contributed by atoms with Crippen molar-refractivity contribution in [3.05, 3.63) is 34.9 Å². The van der Waals surface area contributed by atoms with Crippen LogP contribution in [0, 0.1) is 0 Å². The first-order valence-electron chi connectivity index (χ1n) is 7.15. The maximum atomic E-state index is 6.02. The van der Waals surface area contributed by atoms with E-state index in [0.29, 0.717) is 12.1 Å². The van der Waals surface area contributed by atoms with Gasteiger partial charge in [0, 0.05) is 17.1 Å². The van der Waals surface area contributed by atoms with Gasteiger partial charge in [-0.3, -0.25) is 0 Å². The molecule has 0 radical (unpaired) electrons. The molecule has 2 atom stereocenters. The van der Waals surface area contributed by atoms with E-state index in [0.717, 1.165) is 5.02 Å². The van der Waals surface area contributed by atoms with Crippen LogP contribution in [0.2, 0.25) is 5.02 Å². The molecule has 102 valence electrons. The third kappa shape index (κ3) is 5.88. The monoisotopic (exact) mass is 267 g/mol. The van der Waals surface area contributed by atoms with Gasteiger partial charge in [0.2, 0.25) is 0 Å². The summed E-state index contributed by atoms with van der Waals surface area (Å²) < 4.78 is 0. The van der Waals surface area contributed by atoms with Crippen molar-refractivity contribution in [1.82, 2.24) is 5.32 Å². The predicted molar refractivity (Wildman–Crippen MR) is 81.2 cm³/mol. The normalized spacial score (nSPS) is 14.4. The summed E-state index contributed by atoms with van der Waals surface area (Å²) in [6.07, 6.45) is 6.60. The molecule has 0 aliphatic rings. The summed E-state index contributed by atoms with van der Waals surface area (Å²) >= 11 is 6.02. The van der Waals surface area contributed by atoms with Crippen LogP contribution in [0.4, 0.5) is 0 Å². The van der Waals surface area contributed by atoms with Crippen molar-refractivity contribution in [2.75, 3.05) is 0 Å². The van der Waals surface area contributed by atoms with Crippen LogP contribution >= 0.6 is 11.6 Å². The Labute approximate surface area is 117 Å². The van der Waals surface area contributed by atoms with Gasteiger partial charge >= 0.3 is 0 Å². The Hall–Kier alpha value is -0.530. The lowest BCUT2D eigenvalue weighted by atomic mass is 10.0. The van der Waals surface area contributed by atoms with Crippen molar-refractivity contribution in [1.29, 1.82) is 0 Å². The molecule has 0 spiro atoms. The predicted octanol–water partition coefficient (Wildman–Crippen LogP) is 5.35. The second-order valence-electron chi connectivity index (χ2n) is 5.19. The molecule has 0 aromatic heterocycles. The summed E-state index contributed by atoms with van der Waals surface area (Å²) in [4.78, 5) is 0. The van der Waals surface area contributed by atoms with Crippen LogP contribution in [-0.2, 0) is 0 Å². The van der Waals surface area contributed by atoms with Crippen molar-refractivity contribution in [2.24, 2.45) is 0 Å². The zero-order valence-corrected chi connectivity index (χ0v) is 12.6. The van der Waals surface area contributed by atoms with E-state index >= 15 is 0 Å². The van der Waals surface area contributed by atoms with Gasteiger partial charge in [-0.2, -0.15) is 0 Å². The maximum absolute atomic E-state index is 6.02. The number of nitrogens with one attached hydrogen (secondary N) is 1. The van der Waals surface area contributed by atoms with Crippen molar-refractivity contribution in [3.8, 4) is 0 Å². The molecule has 1 nitrogen and oxygen atoms in total. The number of unbranched alkanes of at least 4 members (excludes halogenated alkanes) is 3. The number of hydrogen-bond donors (Lipinski definition) is 1. The number of halogens is 1. The lowest BCUT2D eigenvalue weighted by molar-refractivity contribution is 0.438. The van der Waals surface area contributed by atoms with Gasteiger partial charge in [0.25, 0.3) is 0 Å². The Morgan fingerprint density at radius 2 is 1.94 bits per heavy atom. The second kappa shape index (κ2) is 8.55. The summed E-state index contributed by atoms with van der Waals surface area (Å²) in [6, 6.07) is 9.05. The van der Waals surface area contributed by atoms with E-state index < -0.39 is 0 Å². The molecule has 0 aliphatic carbocycles. The molecule has 0 amide bonds. The second-order valence-corrected chi connectivity index (χ2v) is 5.63. The Kier molecular flexibility index (Phi) is 7.38. The van der Waals surface area contributed by atoms with Gasteiger partial charge in [0.15, 0.2) is 0 Å². The zero-order chi connectivity index (χ0) is 13.4. The molecule has 2 heteroatoms.